The summed E-state index contributed by atoms with van der Waals surface area (Å²) < 4.78 is 0. The third kappa shape index (κ3) is 2.71. The minimum atomic E-state index is -0.325. The van der Waals surface area contributed by atoms with Crippen molar-refractivity contribution in [2.45, 2.75) is 6.92 Å². The van der Waals surface area contributed by atoms with Crippen LogP contribution in [0.25, 0.3) is 10.8 Å². The number of hydrogen-bond donors (Lipinski definition) is 3. The van der Waals surface area contributed by atoms with Gasteiger partial charge in [-0.05, 0) is 30.7 Å². The SMILES string of the molecule is CNc1cccc2c(O)c(C(=O)Nc3ccccc3C)ccc12. The van der Waals surface area contributed by atoms with Crippen LogP contribution in [0.4, 0.5) is 11.4 Å². The van der Waals surface area contributed by atoms with E-state index in [4.69, 9.17) is 0 Å². The van der Waals surface area contributed by atoms with E-state index in [0.29, 0.717) is 5.39 Å². The molecular formula is C19H18N2O2. The van der Waals surface area contributed by atoms with Gasteiger partial charge in [-0.15, -0.1) is 0 Å². The van der Waals surface area contributed by atoms with Crippen molar-refractivity contribution in [3.63, 3.8) is 0 Å². The number of phenolic OH excluding ortho intramolecular Hbond substituents is 1. The quantitative estimate of drug-likeness (QED) is 0.681. The molecule has 116 valence electrons. The summed E-state index contributed by atoms with van der Waals surface area (Å²) in [6.07, 6.45) is 0. The average molecular weight is 306 g/mol. The maximum Gasteiger partial charge on any atom is 0.259 e. The van der Waals surface area contributed by atoms with E-state index in [-0.39, 0.29) is 17.2 Å². The first-order valence-electron chi connectivity index (χ1n) is 7.41. The fraction of sp³-hybridized carbons (Fsp3) is 0.105. The molecule has 3 rings (SSSR count). The van der Waals surface area contributed by atoms with Crippen molar-refractivity contribution in [2.75, 3.05) is 17.7 Å². The number of para-hydroxylation sites is 1. The van der Waals surface area contributed by atoms with Crippen LogP contribution in [0.1, 0.15) is 15.9 Å². The lowest BCUT2D eigenvalue weighted by atomic mass is 10.0. The number of carbonyl (C=O) groups excluding carboxylic acids is 1. The zero-order valence-corrected chi connectivity index (χ0v) is 13.1. The van der Waals surface area contributed by atoms with Crippen molar-refractivity contribution in [3.8, 4) is 5.75 Å². The number of amides is 1. The first-order chi connectivity index (χ1) is 11.1. The van der Waals surface area contributed by atoms with Gasteiger partial charge >= 0.3 is 0 Å². The van der Waals surface area contributed by atoms with Crippen LogP contribution in [0.3, 0.4) is 0 Å². The van der Waals surface area contributed by atoms with Crippen LogP contribution in [0.5, 0.6) is 5.75 Å². The molecule has 3 aromatic rings. The van der Waals surface area contributed by atoms with Gasteiger partial charge < -0.3 is 15.7 Å². The first-order valence-corrected chi connectivity index (χ1v) is 7.41. The van der Waals surface area contributed by atoms with Crippen LogP contribution in [-0.2, 0) is 0 Å². The number of hydrogen-bond acceptors (Lipinski definition) is 3. The van der Waals surface area contributed by atoms with Crippen molar-refractivity contribution in [3.05, 3.63) is 65.7 Å². The molecule has 0 aliphatic carbocycles. The standard InChI is InChI=1S/C19H18N2O2/c1-12-6-3-4-8-16(12)21-19(23)15-11-10-13-14(18(15)22)7-5-9-17(13)20-2/h3-11,20,22H,1-2H3,(H,21,23). The summed E-state index contributed by atoms with van der Waals surface area (Å²) in [5.74, 6) is -0.334. The summed E-state index contributed by atoms with van der Waals surface area (Å²) in [6.45, 7) is 1.93. The Morgan fingerprint density at radius 2 is 1.65 bits per heavy atom. The minimum absolute atomic E-state index is 0.00863. The topological polar surface area (TPSA) is 61.4 Å². The lowest BCUT2D eigenvalue weighted by Gasteiger charge is -2.12. The van der Waals surface area contributed by atoms with Crippen LogP contribution >= 0.6 is 0 Å². The van der Waals surface area contributed by atoms with Crippen molar-refractivity contribution >= 4 is 28.1 Å². The molecule has 0 atom stereocenters. The molecule has 0 aromatic heterocycles. The normalized spacial score (nSPS) is 10.5. The molecule has 1 amide bonds. The van der Waals surface area contributed by atoms with E-state index in [2.05, 4.69) is 10.6 Å². The van der Waals surface area contributed by atoms with Gasteiger partial charge in [0.05, 0.1) is 5.56 Å². The van der Waals surface area contributed by atoms with Crippen LogP contribution < -0.4 is 10.6 Å². The van der Waals surface area contributed by atoms with Gasteiger partial charge in [-0.3, -0.25) is 4.79 Å². The Morgan fingerprint density at radius 1 is 0.913 bits per heavy atom. The average Bonchev–Trinajstić information content (AvgIpc) is 2.57. The lowest BCUT2D eigenvalue weighted by Crippen LogP contribution is -2.13. The number of aryl methyl sites for hydroxylation is 1. The van der Waals surface area contributed by atoms with Crippen molar-refractivity contribution in [1.29, 1.82) is 0 Å². The Morgan fingerprint density at radius 3 is 2.39 bits per heavy atom. The zero-order valence-electron chi connectivity index (χ0n) is 13.1. The van der Waals surface area contributed by atoms with Crippen LogP contribution in [0.15, 0.2) is 54.6 Å². The van der Waals surface area contributed by atoms with Gasteiger partial charge in [-0.1, -0.05) is 36.4 Å². The molecule has 0 fully saturated rings. The van der Waals surface area contributed by atoms with E-state index in [1.54, 1.807) is 12.1 Å². The Labute approximate surface area is 134 Å². The second-order valence-corrected chi connectivity index (χ2v) is 5.38. The molecule has 0 saturated heterocycles. The van der Waals surface area contributed by atoms with Crippen molar-refractivity contribution in [2.24, 2.45) is 0 Å². The first kappa shape index (κ1) is 14.9. The molecule has 3 aromatic carbocycles. The highest BCUT2D eigenvalue weighted by Gasteiger charge is 2.15. The molecule has 3 N–H and O–H groups in total. The molecule has 0 spiro atoms. The smallest absolute Gasteiger partial charge is 0.259 e. The summed E-state index contributed by atoms with van der Waals surface area (Å²) in [5.41, 5.74) is 2.87. The number of aromatic hydroxyl groups is 1. The minimum Gasteiger partial charge on any atom is -0.506 e. The molecule has 0 heterocycles. The second kappa shape index (κ2) is 6.01. The third-order valence-corrected chi connectivity index (χ3v) is 3.94. The van der Waals surface area contributed by atoms with Gasteiger partial charge in [-0.25, -0.2) is 0 Å². The zero-order chi connectivity index (χ0) is 16.4. The third-order valence-electron chi connectivity index (χ3n) is 3.94. The van der Waals surface area contributed by atoms with E-state index >= 15 is 0 Å². The van der Waals surface area contributed by atoms with E-state index in [1.165, 1.54) is 0 Å². The monoisotopic (exact) mass is 306 g/mol. The summed E-state index contributed by atoms with van der Waals surface area (Å²) >= 11 is 0. The number of fused-ring (bicyclic) bond motifs is 1. The highest BCUT2D eigenvalue weighted by atomic mass is 16.3. The Balaban J connectivity index is 2.02. The highest BCUT2D eigenvalue weighted by molar-refractivity contribution is 6.11. The largest absolute Gasteiger partial charge is 0.506 e. The molecule has 23 heavy (non-hydrogen) atoms. The molecule has 0 radical (unpaired) electrons. The molecule has 0 bridgehead atoms. The number of rotatable bonds is 3. The van der Waals surface area contributed by atoms with Gasteiger partial charge in [0.15, 0.2) is 0 Å². The predicted molar refractivity (Wildman–Crippen MR) is 94.3 cm³/mol. The van der Waals surface area contributed by atoms with Crippen LogP contribution in [0, 0.1) is 6.92 Å². The van der Waals surface area contributed by atoms with E-state index in [0.717, 1.165) is 22.3 Å². The molecule has 4 nitrogen and oxygen atoms in total. The summed E-state index contributed by atoms with van der Waals surface area (Å²) in [7, 11) is 1.82. The fourth-order valence-electron chi connectivity index (χ4n) is 2.65. The molecule has 0 unspecified atom stereocenters. The van der Waals surface area contributed by atoms with Crippen LogP contribution in [-0.4, -0.2) is 18.1 Å². The number of phenols is 1. The Kier molecular flexibility index (Phi) is 3.89. The van der Waals surface area contributed by atoms with Gasteiger partial charge in [-0.2, -0.15) is 0 Å². The highest BCUT2D eigenvalue weighted by Crippen LogP contribution is 2.33. The maximum absolute atomic E-state index is 12.5. The number of carbonyl (C=O) groups is 1. The van der Waals surface area contributed by atoms with Gasteiger partial charge in [0.2, 0.25) is 0 Å². The van der Waals surface area contributed by atoms with Crippen LogP contribution in [0.2, 0.25) is 0 Å². The van der Waals surface area contributed by atoms with Gasteiger partial charge in [0.25, 0.3) is 5.91 Å². The number of benzene rings is 3. The lowest BCUT2D eigenvalue weighted by molar-refractivity contribution is 0.102. The predicted octanol–water partition coefficient (Wildman–Crippen LogP) is 4.15. The number of anilines is 2. The van der Waals surface area contributed by atoms with Gasteiger partial charge in [0, 0.05) is 29.2 Å². The summed E-state index contributed by atoms with van der Waals surface area (Å²) in [6, 6.07) is 16.6. The van der Waals surface area contributed by atoms with Crippen molar-refractivity contribution in [1.82, 2.24) is 0 Å². The van der Waals surface area contributed by atoms with E-state index in [9.17, 15) is 9.90 Å². The van der Waals surface area contributed by atoms with Crippen molar-refractivity contribution < 1.29 is 9.90 Å². The Hall–Kier alpha value is -3.01. The maximum atomic E-state index is 12.5. The van der Waals surface area contributed by atoms with E-state index < -0.39 is 0 Å². The molecule has 0 aliphatic rings. The summed E-state index contributed by atoms with van der Waals surface area (Å²) in [5, 5.41) is 17.9. The molecular weight excluding hydrogens is 288 g/mol. The summed E-state index contributed by atoms with van der Waals surface area (Å²) in [4.78, 5) is 12.5. The fourth-order valence-corrected chi connectivity index (χ4v) is 2.65. The molecule has 0 aliphatic heterocycles. The second-order valence-electron chi connectivity index (χ2n) is 5.38. The van der Waals surface area contributed by atoms with Gasteiger partial charge in [0.1, 0.15) is 5.75 Å². The Bertz CT molecular complexity index is 888. The van der Waals surface area contributed by atoms with E-state index in [1.807, 2.05) is 56.4 Å². The molecule has 4 heteroatoms. The molecule has 0 saturated carbocycles. The number of nitrogens with one attached hydrogen (secondary N) is 2.